The average molecular weight is 690 g/mol. The van der Waals surface area contributed by atoms with E-state index in [0.717, 1.165) is 17.1 Å². The number of fused-ring (bicyclic) bond motifs is 5. The first kappa shape index (κ1) is 32.0. The van der Waals surface area contributed by atoms with Crippen LogP contribution in [0.3, 0.4) is 0 Å². The molecule has 0 amide bonds. The molecule has 0 N–H and O–H groups in total. The molecule has 0 saturated heterocycles. The SMILES string of the molecule is CC1(C)c2ccccc2-c2c(-c3ccc(N(c4ccc(-c5ccc(-c6cccc7ccccc67)cc5)cc4)c4cccc5ccccc45)cc3)cccc21. The van der Waals surface area contributed by atoms with Crippen molar-refractivity contribution in [3.63, 3.8) is 0 Å². The molecule has 9 aromatic carbocycles. The smallest absolute Gasteiger partial charge is 0.0540 e. The number of nitrogens with zero attached hydrogens (tertiary/aromatic N) is 1. The minimum atomic E-state index is -0.0297. The fourth-order valence-electron chi connectivity index (χ4n) is 8.74. The van der Waals surface area contributed by atoms with E-state index in [1.807, 2.05) is 0 Å². The summed E-state index contributed by atoms with van der Waals surface area (Å²) in [6.45, 7) is 4.69. The van der Waals surface area contributed by atoms with Gasteiger partial charge in [-0.05, 0) is 102 Å². The second kappa shape index (κ2) is 12.8. The Morgan fingerprint density at radius 1 is 0.333 bits per heavy atom. The summed E-state index contributed by atoms with van der Waals surface area (Å²) in [6, 6.07) is 73.3. The van der Waals surface area contributed by atoms with Crippen LogP contribution in [0, 0.1) is 0 Å². The minimum Gasteiger partial charge on any atom is -0.310 e. The third-order valence-electron chi connectivity index (χ3n) is 11.5. The van der Waals surface area contributed by atoms with Crippen molar-refractivity contribution in [3.8, 4) is 44.5 Å². The molecule has 0 aromatic heterocycles. The average Bonchev–Trinajstić information content (AvgIpc) is 3.47. The van der Waals surface area contributed by atoms with Crippen LogP contribution in [0.2, 0.25) is 0 Å². The summed E-state index contributed by atoms with van der Waals surface area (Å²) in [5.41, 5.74) is 16.3. The van der Waals surface area contributed by atoms with E-state index in [9.17, 15) is 0 Å². The zero-order valence-corrected chi connectivity index (χ0v) is 30.5. The quantitative estimate of drug-likeness (QED) is 0.168. The molecular weight excluding hydrogens is 651 g/mol. The van der Waals surface area contributed by atoms with Gasteiger partial charge in [0, 0.05) is 22.2 Å². The van der Waals surface area contributed by atoms with E-state index in [-0.39, 0.29) is 5.41 Å². The van der Waals surface area contributed by atoms with E-state index in [2.05, 4.69) is 219 Å². The molecule has 256 valence electrons. The number of hydrogen-bond acceptors (Lipinski definition) is 1. The molecule has 0 aliphatic heterocycles. The summed E-state index contributed by atoms with van der Waals surface area (Å²) in [5.74, 6) is 0. The Hall–Kier alpha value is -6.70. The van der Waals surface area contributed by atoms with E-state index in [4.69, 9.17) is 0 Å². The Kier molecular flexibility index (Phi) is 7.56. The van der Waals surface area contributed by atoms with E-state index in [1.54, 1.807) is 0 Å². The van der Waals surface area contributed by atoms with E-state index < -0.39 is 0 Å². The molecule has 1 heteroatoms. The second-order valence-corrected chi connectivity index (χ2v) is 14.9. The van der Waals surface area contributed by atoms with Crippen molar-refractivity contribution in [2.75, 3.05) is 4.90 Å². The van der Waals surface area contributed by atoms with Crippen LogP contribution in [-0.4, -0.2) is 0 Å². The normalized spacial score (nSPS) is 12.8. The Balaban J connectivity index is 1.03. The van der Waals surface area contributed by atoms with Crippen LogP contribution >= 0.6 is 0 Å². The van der Waals surface area contributed by atoms with Crippen molar-refractivity contribution >= 4 is 38.6 Å². The first-order chi connectivity index (χ1) is 26.5. The highest BCUT2D eigenvalue weighted by molar-refractivity contribution is 6.00. The van der Waals surface area contributed by atoms with Gasteiger partial charge in [0.25, 0.3) is 0 Å². The van der Waals surface area contributed by atoms with Crippen molar-refractivity contribution in [1.82, 2.24) is 0 Å². The Labute approximate surface area is 317 Å². The van der Waals surface area contributed by atoms with Gasteiger partial charge < -0.3 is 4.90 Å². The fraction of sp³-hybridized carbons (Fsp3) is 0.0566. The van der Waals surface area contributed by atoms with Gasteiger partial charge in [-0.2, -0.15) is 0 Å². The number of rotatable bonds is 6. The van der Waals surface area contributed by atoms with Gasteiger partial charge >= 0.3 is 0 Å². The zero-order chi connectivity index (χ0) is 36.2. The van der Waals surface area contributed by atoms with Crippen molar-refractivity contribution in [1.29, 1.82) is 0 Å². The van der Waals surface area contributed by atoms with Gasteiger partial charge in [0.05, 0.1) is 5.69 Å². The molecular formula is C53H39N. The molecule has 0 heterocycles. The fourth-order valence-corrected chi connectivity index (χ4v) is 8.74. The molecule has 1 aliphatic rings. The van der Waals surface area contributed by atoms with Crippen molar-refractivity contribution in [2.24, 2.45) is 0 Å². The molecule has 0 spiro atoms. The summed E-state index contributed by atoms with van der Waals surface area (Å²) >= 11 is 0. The molecule has 9 aromatic rings. The predicted octanol–water partition coefficient (Wildman–Crippen LogP) is 14.8. The van der Waals surface area contributed by atoms with Crippen molar-refractivity contribution in [2.45, 2.75) is 19.3 Å². The molecule has 0 bridgehead atoms. The minimum absolute atomic E-state index is 0.0297. The number of benzene rings is 9. The zero-order valence-electron chi connectivity index (χ0n) is 30.5. The summed E-state index contributed by atoms with van der Waals surface area (Å²) in [6.07, 6.45) is 0. The lowest BCUT2D eigenvalue weighted by Gasteiger charge is -2.27. The van der Waals surface area contributed by atoms with Gasteiger partial charge in [0.2, 0.25) is 0 Å². The highest BCUT2D eigenvalue weighted by Crippen LogP contribution is 2.52. The maximum absolute atomic E-state index is 2.40. The number of hydrogen-bond donors (Lipinski definition) is 0. The van der Waals surface area contributed by atoms with Crippen LogP contribution in [0.4, 0.5) is 17.1 Å². The first-order valence-corrected chi connectivity index (χ1v) is 18.8. The lowest BCUT2D eigenvalue weighted by atomic mass is 9.82. The third-order valence-corrected chi connectivity index (χ3v) is 11.5. The van der Waals surface area contributed by atoms with Crippen LogP contribution < -0.4 is 4.90 Å². The Bertz CT molecular complexity index is 2810. The molecule has 0 saturated carbocycles. The largest absolute Gasteiger partial charge is 0.310 e. The van der Waals surface area contributed by atoms with Crippen LogP contribution in [0.5, 0.6) is 0 Å². The molecule has 54 heavy (non-hydrogen) atoms. The molecule has 0 unspecified atom stereocenters. The second-order valence-electron chi connectivity index (χ2n) is 14.9. The van der Waals surface area contributed by atoms with Crippen LogP contribution in [0.25, 0.3) is 66.1 Å². The molecule has 0 fully saturated rings. The van der Waals surface area contributed by atoms with E-state index in [1.165, 1.54) is 77.2 Å². The number of anilines is 3. The third kappa shape index (κ3) is 5.24. The van der Waals surface area contributed by atoms with Crippen molar-refractivity contribution < 1.29 is 0 Å². The highest BCUT2D eigenvalue weighted by atomic mass is 15.1. The lowest BCUT2D eigenvalue weighted by molar-refractivity contribution is 0.660. The maximum atomic E-state index is 2.40. The Morgan fingerprint density at radius 3 is 1.50 bits per heavy atom. The van der Waals surface area contributed by atoms with Gasteiger partial charge in [-0.3, -0.25) is 0 Å². The molecule has 0 radical (unpaired) electrons. The Morgan fingerprint density at radius 2 is 0.778 bits per heavy atom. The van der Waals surface area contributed by atoms with E-state index in [0.29, 0.717) is 0 Å². The molecule has 1 nitrogen and oxygen atoms in total. The summed E-state index contributed by atoms with van der Waals surface area (Å²) in [5, 5.41) is 4.98. The summed E-state index contributed by atoms with van der Waals surface area (Å²) < 4.78 is 0. The van der Waals surface area contributed by atoms with Crippen molar-refractivity contribution in [3.05, 3.63) is 211 Å². The highest BCUT2D eigenvalue weighted by Gasteiger charge is 2.36. The lowest BCUT2D eigenvalue weighted by Crippen LogP contribution is -2.14. The molecule has 1 aliphatic carbocycles. The maximum Gasteiger partial charge on any atom is 0.0540 e. The van der Waals surface area contributed by atoms with Gasteiger partial charge in [0.1, 0.15) is 0 Å². The summed E-state index contributed by atoms with van der Waals surface area (Å²) in [7, 11) is 0. The van der Waals surface area contributed by atoms with Crippen LogP contribution in [0.15, 0.2) is 200 Å². The van der Waals surface area contributed by atoms with Gasteiger partial charge in [-0.1, -0.05) is 184 Å². The van der Waals surface area contributed by atoms with Gasteiger partial charge in [0.15, 0.2) is 0 Å². The first-order valence-electron chi connectivity index (χ1n) is 18.8. The van der Waals surface area contributed by atoms with Gasteiger partial charge in [-0.25, -0.2) is 0 Å². The predicted molar refractivity (Wildman–Crippen MR) is 230 cm³/mol. The van der Waals surface area contributed by atoms with Crippen LogP contribution in [-0.2, 0) is 5.41 Å². The van der Waals surface area contributed by atoms with Gasteiger partial charge in [-0.15, -0.1) is 0 Å². The standard InChI is InChI=1S/C53H39N/c1-53(2)49-21-8-7-18-48(49)52-47(20-11-22-50(52)53)41-30-34-43(35-31-41)54(51-23-10-15-39-13-4-6-17-46(39)51)42-32-28-37(29-33-42)36-24-26-40(27-25-36)45-19-9-14-38-12-3-5-16-44(38)45/h3-35H,1-2H3. The monoisotopic (exact) mass is 689 g/mol. The summed E-state index contributed by atoms with van der Waals surface area (Å²) in [4.78, 5) is 2.40. The van der Waals surface area contributed by atoms with Crippen LogP contribution in [0.1, 0.15) is 25.0 Å². The topological polar surface area (TPSA) is 3.24 Å². The molecule has 0 atom stereocenters. The van der Waals surface area contributed by atoms with E-state index >= 15 is 0 Å². The molecule has 10 rings (SSSR count).